The quantitative estimate of drug-likeness (QED) is 0.572. The monoisotopic (exact) mass is 469 g/mol. The summed E-state index contributed by atoms with van der Waals surface area (Å²) in [5.74, 6) is 0.216. The lowest BCUT2D eigenvalue weighted by Crippen LogP contribution is -2.44. The second kappa shape index (κ2) is 8.97. The molecule has 0 amide bonds. The molecular formula is C22H24BrN5O2. The number of halogens is 1. The summed E-state index contributed by atoms with van der Waals surface area (Å²) in [5.41, 5.74) is 3.73. The van der Waals surface area contributed by atoms with Crippen LogP contribution >= 0.6 is 15.9 Å². The van der Waals surface area contributed by atoms with Crippen LogP contribution in [0.1, 0.15) is 5.56 Å². The number of methoxy groups -OCH3 is 1. The molecule has 1 aromatic heterocycles. The third kappa shape index (κ3) is 4.55. The van der Waals surface area contributed by atoms with E-state index in [1.54, 1.807) is 6.20 Å². The maximum absolute atomic E-state index is 11.6. The van der Waals surface area contributed by atoms with Crippen LogP contribution in [0.4, 0.5) is 17.3 Å². The smallest absolute Gasteiger partial charge is 0.310 e. The van der Waals surface area contributed by atoms with Gasteiger partial charge in [-0.25, -0.2) is 9.97 Å². The van der Waals surface area contributed by atoms with Gasteiger partial charge in [-0.15, -0.1) is 0 Å². The standard InChI is InChI=1S/C22H24BrN5O2/c1-27-9-11-28(12-10-27)18-7-5-17(6-8-18)25-22-24-14-16-4-3-15(13-19(29)30-2)20(23)21(16)26-22/h3-8,14H,9-13H2,1-2H3,(H,24,25,26). The first-order valence-corrected chi connectivity index (χ1v) is 10.6. The third-order valence-corrected chi connectivity index (χ3v) is 6.21. The Morgan fingerprint density at radius 3 is 2.57 bits per heavy atom. The van der Waals surface area contributed by atoms with Gasteiger partial charge in [-0.3, -0.25) is 4.79 Å². The van der Waals surface area contributed by atoms with Crippen molar-refractivity contribution in [3.63, 3.8) is 0 Å². The molecule has 0 atom stereocenters. The molecule has 1 N–H and O–H groups in total. The molecule has 0 bridgehead atoms. The fourth-order valence-electron chi connectivity index (χ4n) is 3.48. The molecule has 0 aliphatic carbocycles. The highest BCUT2D eigenvalue weighted by Crippen LogP contribution is 2.28. The number of likely N-dealkylation sites (N-methyl/N-ethyl adjacent to an activating group) is 1. The average molecular weight is 470 g/mol. The van der Waals surface area contributed by atoms with E-state index in [0.717, 1.165) is 52.8 Å². The van der Waals surface area contributed by atoms with Crippen molar-refractivity contribution in [2.45, 2.75) is 6.42 Å². The maximum Gasteiger partial charge on any atom is 0.310 e. The van der Waals surface area contributed by atoms with Crippen molar-refractivity contribution in [2.24, 2.45) is 0 Å². The number of nitrogens with zero attached hydrogens (tertiary/aromatic N) is 4. The van der Waals surface area contributed by atoms with E-state index in [9.17, 15) is 4.79 Å². The van der Waals surface area contributed by atoms with Gasteiger partial charge >= 0.3 is 5.97 Å². The van der Waals surface area contributed by atoms with Gasteiger partial charge in [-0.1, -0.05) is 12.1 Å². The highest BCUT2D eigenvalue weighted by atomic mass is 79.9. The minimum Gasteiger partial charge on any atom is -0.469 e. The Hall–Kier alpha value is -2.71. The van der Waals surface area contributed by atoms with Gasteiger partial charge in [0, 0.05) is 53.6 Å². The molecule has 2 aromatic carbocycles. The number of esters is 1. The largest absolute Gasteiger partial charge is 0.469 e. The number of benzene rings is 2. The summed E-state index contributed by atoms with van der Waals surface area (Å²) in [6, 6.07) is 12.1. The molecule has 1 fully saturated rings. The second-order valence-electron chi connectivity index (χ2n) is 7.39. The van der Waals surface area contributed by atoms with Crippen LogP contribution in [0.15, 0.2) is 47.1 Å². The SMILES string of the molecule is COC(=O)Cc1ccc2cnc(Nc3ccc(N4CCN(C)CC4)cc3)nc2c1Br. The van der Waals surface area contributed by atoms with Crippen LogP contribution in [0.3, 0.4) is 0 Å². The fraction of sp³-hybridized carbons (Fsp3) is 0.318. The van der Waals surface area contributed by atoms with Gasteiger partial charge in [-0.2, -0.15) is 0 Å². The lowest BCUT2D eigenvalue weighted by Gasteiger charge is -2.34. The van der Waals surface area contributed by atoms with Crippen LogP contribution in [-0.2, 0) is 16.0 Å². The van der Waals surface area contributed by atoms with Crippen molar-refractivity contribution < 1.29 is 9.53 Å². The van der Waals surface area contributed by atoms with Crippen molar-refractivity contribution in [3.8, 4) is 0 Å². The Kier molecular flexibility index (Phi) is 6.15. The van der Waals surface area contributed by atoms with E-state index in [1.165, 1.54) is 12.8 Å². The van der Waals surface area contributed by atoms with Crippen LogP contribution in [-0.4, -0.2) is 61.2 Å². The summed E-state index contributed by atoms with van der Waals surface area (Å²) >= 11 is 3.58. The highest BCUT2D eigenvalue weighted by Gasteiger charge is 2.15. The summed E-state index contributed by atoms with van der Waals surface area (Å²) in [4.78, 5) is 25.5. The number of aromatic nitrogens is 2. The van der Waals surface area contributed by atoms with Gasteiger partial charge in [0.2, 0.25) is 5.95 Å². The molecule has 4 rings (SSSR count). The van der Waals surface area contributed by atoms with E-state index >= 15 is 0 Å². The van der Waals surface area contributed by atoms with Crippen LogP contribution in [0.2, 0.25) is 0 Å². The Morgan fingerprint density at radius 2 is 1.87 bits per heavy atom. The Balaban J connectivity index is 1.52. The van der Waals surface area contributed by atoms with Crippen molar-refractivity contribution >= 4 is 50.1 Å². The highest BCUT2D eigenvalue weighted by molar-refractivity contribution is 9.10. The number of hydrogen-bond donors (Lipinski definition) is 1. The van der Waals surface area contributed by atoms with E-state index in [0.29, 0.717) is 5.95 Å². The number of piperazine rings is 1. The topological polar surface area (TPSA) is 70.6 Å². The van der Waals surface area contributed by atoms with E-state index in [-0.39, 0.29) is 12.4 Å². The van der Waals surface area contributed by atoms with Crippen molar-refractivity contribution in [1.29, 1.82) is 0 Å². The van der Waals surface area contributed by atoms with Gasteiger partial charge in [0.05, 0.1) is 19.0 Å². The van der Waals surface area contributed by atoms with Gasteiger partial charge in [0.15, 0.2) is 0 Å². The molecule has 1 aliphatic heterocycles. The first kappa shape index (κ1) is 20.6. The van der Waals surface area contributed by atoms with Crippen molar-refractivity contribution in [3.05, 3.63) is 52.6 Å². The summed E-state index contributed by atoms with van der Waals surface area (Å²) in [6.07, 6.45) is 1.96. The Bertz CT molecular complexity index is 1050. The number of nitrogens with one attached hydrogen (secondary N) is 1. The first-order chi connectivity index (χ1) is 14.5. The molecular weight excluding hydrogens is 446 g/mol. The van der Waals surface area contributed by atoms with Crippen molar-refractivity contribution in [1.82, 2.24) is 14.9 Å². The fourth-order valence-corrected chi connectivity index (χ4v) is 4.07. The molecule has 30 heavy (non-hydrogen) atoms. The number of hydrogen-bond acceptors (Lipinski definition) is 7. The molecule has 0 unspecified atom stereocenters. The molecule has 0 saturated carbocycles. The lowest BCUT2D eigenvalue weighted by molar-refractivity contribution is -0.139. The summed E-state index contributed by atoms with van der Waals surface area (Å²) in [6.45, 7) is 4.24. The molecule has 2 heterocycles. The van der Waals surface area contributed by atoms with Crippen molar-refractivity contribution in [2.75, 3.05) is 50.6 Å². The van der Waals surface area contributed by atoms with E-state index in [4.69, 9.17) is 4.74 Å². The maximum atomic E-state index is 11.6. The predicted octanol–water partition coefficient (Wildman–Crippen LogP) is 3.60. The lowest BCUT2D eigenvalue weighted by atomic mass is 10.1. The summed E-state index contributed by atoms with van der Waals surface area (Å²) in [5, 5.41) is 4.17. The van der Waals surface area contributed by atoms with Gasteiger partial charge in [0.1, 0.15) is 0 Å². The number of carbonyl (C=O) groups is 1. The normalized spacial score (nSPS) is 14.7. The van der Waals surface area contributed by atoms with E-state index < -0.39 is 0 Å². The van der Waals surface area contributed by atoms with E-state index in [1.807, 2.05) is 24.3 Å². The summed E-state index contributed by atoms with van der Waals surface area (Å²) in [7, 11) is 3.54. The average Bonchev–Trinajstić information content (AvgIpc) is 2.77. The molecule has 3 aromatic rings. The summed E-state index contributed by atoms with van der Waals surface area (Å²) < 4.78 is 5.55. The number of ether oxygens (including phenoxy) is 1. The molecule has 7 nitrogen and oxygen atoms in total. The zero-order valence-electron chi connectivity index (χ0n) is 17.1. The van der Waals surface area contributed by atoms with Crippen LogP contribution in [0.25, 0.3) is 10.9 Å². The molecule has 156 valence electrons. The molecule has 1 saturated heterocycles. The molecule has 8 heteroatoms. The van der Waals surface area contributed by atoms with Gasteiger partial charge in [0.25, 0.3) is 0 Å². The number of anilines is 3. The molecule has 0 radical (unpaired) electrons. The Labute approximate surface area is 184 Å². The molecule has 1 aliphatic rings. The third-order valence-electron chi connectivity index (χ3n) is 5.33. The second-order valence-corrected chi connectivity index (χ2v) is 8.18. The van der Waals surface area contributed by atoms with E-state index in [2.05, 4.69) is 60.2 Å². The number of fused-ring (bicyclic) bond motifs is 1. The molecule has 0 spiro atoms. The zero-order valence-corrected chi connectivity index (χ0v) is 18.6. The van der Waals surface area contributed by atoms with Crippen LogP contribution in [0.5, 0.6) is 0 Å². The first-order valence-electron chi connectivity index (χ1n) is 9.85. The van der Waals surface area contributed by atoms with Gasteiger partial charge < -0.3 is 19.9 Å². The van der Waals surface area contributed by atoms with Gasteiger partial charge in [-0.05, 0) is 52.8 Å². The predicted molar refractivity (Wildman–Crippen MR) is 122 cm³/mol. The Morgan fingerprint density at radius 1 is 1.13 bits per heavy atom. The minimum absolute atomic E-state index is 0.188. The van der Waals surface area contributed by atoms with Crippen LogP contribution in [0, 0.1) is 0 Å². The zero-order chi connectivity index (χ0) is 21.1. The number of rotatable bonds is 5. The number of carbonyl (C=O) groups excluding carboxylic acids is 1. The minimum atomic E-state index is -0.289. The van der Waals surface area contributed by atoms with Crippen LogP contribution < -0.4 is 10.2 Å².